The minimum atomic E-state index is -0.678. The molecule has 2 N–H and O–H groups in total. The first-order valence-electron chi connectivity index (χ1n) is 11.1. The number of rotatable bonds is 5. The Morgan fingerprint density at radius 1 is 1.26 bits per heavy atom. The molecule has 1 unspecified atom stereocenters. The Bertz CT molecular complexity index is 1160. The fourth-order valence-electron chi connectivity index (χ4n) is 4.57. The van der Waals surface area contributed by atoms with Crippen molar-refractivity contribution in [3.05, 3.63) is 41.2 Å². The van der Waals surface area contributed by atoms with E-state index in [2.05, 4.69) is 20.9 Å². The van der Waals surface area contributed by atoms with Gasteiger partial charge in [-0.15, -0.1) is 5.10 Å². The molecule has 0 saturated carbocycles. The van der Waals surface area contributed by atoms with Crippen molar-refractivity contribution >= 4 is 23.6 Å². The third-order valence-electron chi connectivity index (χ3n) is 6.41. The van der Waals surface area contributed by atoms with Gasteiger partial charge < -0.3 is 19.7 Å². The Labute approximate surface area is 194 Å². The molecule has 0 aliphatic carbocycles. The summed E-state index contributed by atoms with van der Waals surface area (Å²) in [6.07, 6.45) is 2.57. The first-order valence-corrected chi connectivity index (χ1v) is 11.1. The summed E-state index contributed by atoms with van der Waals surface area (Å²) in [7, 11) is 1.60. The first-order chi connectivity index (χ1) is 16.4. The second-order valence-electron chi connectivity index (χ2n) is 8.51. The fraction of sp³-hybridized carbons (Fsp3) is 0.455. The van der Waals surface area contributed by atoms with Gasteiger partial charge in [0, 0.05) is 32.2 Å². The third kappa shape index (κ3) is 4.05. The van der Waals surface area contributed by atoms with Gasteiger partial charge in [0.2, 0.25) is 11.8 Å². The smallest absolute Gasteiger partial charge is 0.273 e. The van der Waals surface area contributed by atoms with Gasteiger partial charge in [-0.2, -0.15) is 0 Å². The van der Waals surface area contributed by atoms with Crippen molar-refractivity contribution in [2.24, 2.45) is 0 Å². The highest BCUT2D eigenvalue weighted by Crippen LogP contribution is 2.29. The number of carbonyl (C=O) groups excluding carboxylic acids is 4. The van der Waals surface area contributed by atoms with E-state index in [-0.39, 0.29) is 48.5 Å². The number of nitrogens with one attached hydrogen (secondary N) is 2. The molecule has 3 atom stereocenters. The number of hydrogen-bond acceptors (Lipinski definition) is 8. The van der Waals surface area contributed by atoms with E-state index in [4.69, 9.17) is 9.47 Å². The van der Waals surface area contributed by atoms with E-state index in [1.807, 2.05) is 0 Å². The molecule has 1 aromatic heterocycles. The van der Waals surface area contributed by atoms with Crippen LogP contribution in [0.1, 0.15) is 45.7 Å². The summed E-state index contributed by atoms with van der Waals surface area (Å²) >= 11 is 0. The Balaban J connectivity index is 1.30. The maximum atomic E-state index is 12.9. The number of imide groups is 1. The van der Waals surface area contributed by atoms with Gasteiger partial charge >= 0.3 is 0 Å². The van der Waals surface area contributed by atoms with Gasteiger partial charge in [0.15, 0.2) is 5.69 Å². The molecular formula is C22H24N6O6. The fourth-order valence-corrected chi connectivity index (χ4v) is 4.57. The second-order valence-corrected chi connectivity index (χ2v) is 8.51. The van der Waals surface area contributed by atoms with Gasteiger partial charge in [0.1, 0.15) is 6.04 Å². The molecule has 0 bridgehead atoms. The van der Waals surface area contributed by atoms with Gasteiger partial charge in [0.25, 0.3) is 11.8 Å². The minimum absolute atomic E-state index is 0.130. The van der Waals surface area contributed by atoms with Crippen LogP contribution in [-0.2, 0) is 25.6 Å². The summed E-state index contributed by atoms with van der Waals surface area (Å²) < 4.78 is 12.3. The van der Waals surface area contributed by atoms with Crippen molar-refractivity contribution in [1.82, 2.24) is 30.5 Å². The van der Waals surface area contributed by atoms with Crippen LogP contribution in [0.5, 0.6) is 0 Å². The van der Waals surface area contributed by atoms with E-state index < -0.39 is 11.9 Å². The summed E-state index contributed by atoms with van der Waals surface area (Å²) in [5, 5.41) is 13.2. The molecule has 0 radical (unpaired) electrons. The molecule has 12 heteroatoms. The number of amides is 4. The summed E-state index contributed by atoms with van der Waals surface area (Å²) in [5.41, 5.74) is 1.99. The van der Waals surface area contributed by atoms with Gasteiger partial charge in [0.05, 0.1) is 30.6 Å². The SMILES string of the molecule is CO[C@@H]1CCOC[C@H]1NC(=O)c1cn(-c2ccc3c(c2)CN(C2CCC(=O)NC2=O)C3=O)nn1. The van der Waals surface area contributed by atoms with Crippen LogP contribution < -0.4 is 10.6 Å². The lowest BCUT2D eigenvalue weighted by Gasteiger charge is -2.30. The average molecular weight is 468 g/mol. The standard InChI is InChI=1S/C22H24N6O6/c1-33-18-6-7-34-11-16(18)23-20(30)15-10-28(26-25-15)13-2-3-14-12(8-13)9-27(22(14)32)17-4-5-19(29)24-21(17)31/h2-3,8,10,16-18H,4-7,9,11H2,1H3,(H,23,30)(H,24,29,31)/t16-,17?,18-/m1/s1. The highest BCUT2D eigenvalue weighted by molar-refractivity contribution is 6.05. The lowest BCUT2D eigenvalue weighted by molar-refractivity contribution is -0.136. The second kappa shape index (κ2) is 8.95. The van der Waals surface area contributed by atoms with Crippen LogP contribution in [0.4, 0.5) is 0 Å². The molecule has 1 aromatic carbocycles. The predicted molar refractivity (Wildman–Crippen MR) is 115 cm³/mol. The maximum Gasteiger partial charge on any atom is 0.273 e. The van der Waals surface area contributed by atoms with Crippen LogP contribution in [0.15, 0.2) is 24.4 Å². The van der Waals surface area contributed by atoms with Gasteiger partial charge in [-0.1, -0.05) is 5.21 Å². The van der Waals surface area contributed by atoms with E-state index in [1.54, 1.807) is 25.3 Å². The van der Waals surface area contributed by atoms with Crippen LogP contribution in [-0.4, -0.2) is 82.0 Å². The van der Waals surface area contributed by atoms with E-state index >= 15 is 0 Å². The summed E-state index contributed by atoms with van der Waals surface area (Å²) in [6, 6.07) is 4.20. The number of fused-ring (bicyclic) bond motifs is 1. The summed E-state index contributed by atoms with van der Waals surface area (Å²) in [5.74, 6) is -1.42. The average Bonchev–Trinajstić information content (AvgIpc) is 3.45. The number of hydrogen-bond donors (Lipinski definition) is 2. The molecule has 2 aromatic rings. The minimum Gasteiger partial charge on any atom is -0.379 e. The number of nitrogens with zero attached hydrogens (tertiary/aromatic N) is 4. The topological polar surface area (TPSA) is 145 Å². The predicted octanol–water partition coefficient (Wildman–Crippen LogP) is -0.438. The molecule has 178 valence electrons. The zero-order chi connectivity index (χ0) is 23.8. The lowest BCUT2D eigenvalue weighted by Crippen LogP contribution is -2.52. The molecule has 4 heterocycles. The van der Waals surface area contributed by atoms with Crippen LogP contribution in [0.3, 0.4) is 0 Å². The number of methoxy groups -OCH3 is 1. The highest BCUT2D eigenvalue weighted by Gasteiger charge is 2.39. The van der Waals surface area contributed by atoms with Crippen molar-refractivity contribution < 1.29 is 28.7 Å². The zero-order valence-electron chi connectivity index (χ0n) is 18.5. The molecular weight excluding hydrogens is 444 g/mol. The first kappa shape index (κ1) is 22.2. The lowest BCUT2D eigenvalue weighted by atomic mass is 10.0. The quantitative estimate of drug-likeness (QED) is 0.562. The van der Waals surface area contributed by atoms with E-state index in [1.165, 1.54) is 15.8 Å². The Kier molecular flexibility index (Phi) is 5.84. The number of carbonyl (C=O) groups is 4. The van der Waals surface area contributed by atoms with Crippen LogP contribution >= 0.6 is 0 Å². The van der Waals surface area contributed by atoms with Crippen molar-refractivity contribution in [2.45, 2.75) is 44.0 Å². The number of ether oxygens (including phenoxy) is 2. The van der Waals surface area contributed by atoms with Crippen molar-refractivity contribution in [3.8, 4) is 5.69 Å². The van der Waals surface area contributed by atoms with E-state index in [0.717, 1.165) is 5.56 Å². The monoisotopic (exact) mass is 468 g/mol. The van der Waals surface area contributed by atoms with E-state index in [9.17, 15) is 19.2 Å². The molecule has 3 aliphatic rings. The molecule has 5 rings (SSSR count). The van der Waals surface area contributed by atoms with Crippen molar-refractivity contribution in [3.63, 3.8) is 0 Å². The molecule has 2 fully saturated rings. The normalized spacial score (nSPS) is 24.7. The molecule has 3 aliphatic heterocycles. The van der Waals surface area contributed by atoms with Crippen LogP contribution in [0.2, 0.25) is 0 Å². The maximum absolute atomic E-state index is 12.9. The Morgan fingerprint density at radius 2 is 2.12 bits per heavy atom. The largest absolute Gasteiger partial charge is 0.379 e. The van der Waals surface area contributed by atoms with Crippen LogP contribution in [0, 0.1) is 0 Å². The molecule has 0 spiro atoms. The van der Waals surface area contributed by atoms with Gasteiger partial charge in [-0.25, -0.2) is 4.68 Å². The Morgan fingerprint density at radius 3 is 2.91 bits per heavy atom. The molecule has 2 saturated heterocycles. The molecule has 12 nitrogen and oxygen atoms in total. The van der Waals surface area contributed by atoms with Crippen molar-refractivity contribution in [1.29, 1.82) is 0 Å². The summed E-state index contributed by atoms with van der Waals surface area (Å²) in [6.45, 7) is 1.19. The third-order valence-corrected chi connectivity index (χ3v) is 6.41. The van der Waals surface area contributed by atoms with Crippen molar-refractivity contribution in [2.75, 3.05) is 20.3 Å². The van der Waals surface area contributed by atoms with Gasteiger partial charge in [-0.3, -0.25) is 24.5 Å². The number of benzene rings is 1. The van der Waals surface area contributed by atoms with Crippen LogP contribution in [0.25, 0.3) is 5.69 Å². The van der Waals surface area contributed by atoms with E-state index in [0.29, 0.717) is 37.3 Å². The molecule has 4 amide bonds. The highest BCUT2D eigenvalue weighted by atomic mass is 16.5. The zero-order valence-corrected chi connectivity index (χ0v) is 18.5. The Hall–Kier alpha value is -3.64. The molecule has 34 heavy (non-hydrogen) atoms. The van der Waals surface area contributed by atoms with Gasteiger partial charge in [-0.05, 0) is 36.6 Å². The number of aromatic nitrogens is 3. The summed E-state index contributed by atoms with van der Waals surface area (Å²) in [4.78, 5) is 50.7. The number of piperidine rings is 1.